The van der Waals surface area contributed by atoms with Gasteiger partial charge in [-0.3, -0.25) is 9.59 Å². The Labute approximate surface area is 187 Å². The molecular formula is C25H27N3O2S. The topological polar surface area (TPSA) is 62.3 Å². The first-order valence-corrected chi connectivity index (χ1v) is 11.6. The van der Waals surface area contributed by atoms with Gasteiger partial charge in [0.15, 0.2) is 0 Å². The van der Waals surface area contributed by atoms with Gasteiger partial charge < -0.3 is 10.2 Å². The lowest BCUT2D eigenvalue weighted by Crippen LogP contribution is -2.46. The summed E-state index contributed by atoms with van der Waals surface area (Å²) in [6.45, 7) is 3.16. The van der Waals surface area contributed by atoms with E-state index in [1.807, 2.05) is 37.3 Å². The third kappa shape index (κ3) is 5.20. The molecule has 1 aliphatic rings. The molecule has 0 aliphatic carbocycles. The van der Waals surface area contributed by atoms with Crippen molar-refractivity contribution in [2.75, 3.05) is 13.1 Å². The number of carbonyl (C=O) groups is 2. The van der Waals surface area contributed by atoms with Crippen LogP contribution in [0.3, 0.4) is 0 Å². The maximum atomic E-state index is 13.1. The van der Waals surface area contributed by atoms with Crippen LogP contribution in [0.4, 0.5) is 0 Å². The number of hydrogen-bond donors (Lipinski definition) is 1. The third-order valence-corrected chi connectivity index (χ3v) is 6.39. The summed E-state index contributed by atoms with van der Waals surface area (Å²) in [7, 11) is 0. The molecule has 1 aromatic heterocycles. The minimum atomic E-state index is -0.565. The molecule has 1 N–H and O–H groups in total. The number of thiazole rings is 1. The lowest BCUT2D eigenvalue weighted by atomic mass is 10.0. The molecule has 2 amide bonds. The summed E-state index contributed by atoms with van der Waals surface area (Å²) >= 11 is 1.65. The van der Waals surface area contributed by atoms with Crippen molar-refractivity contribution < 1.29 is 9.59 Å². The van der Waals surface area contributed by atoms with E-state index in [0.29, 0.717) is 19.5 Å². The number of rotatable bonds is 7. The first-order valence-electron chi connectivity index (χ1n) is 10.8. The van der Waals surface area contributed by atoms with Gasteiger partial charge >= 0.3 is 0 Å². The van der Waals surface area contributed by atoms with Gasteiger partial charge in [0.25, 0.3) is 0 Å². The van der Waals surface area contributed by atoms with Crippen molar-refractivity contribution in [3.05, 3.63) is 76.1 Å². The summed E-state index contributed by atoms with van der Waals surface area (Å²) in [6, 6.07) is 17.3. The van der Waals surface area contributed by atoms with E-state index in [-0.39, 0.29) is 11.8 Å². The standard InChI is InChI=1S/C25H27N3O2S/c1-18-27-22(17-31-18)20-12-10-19(11-13-20)14-15-26-25(30)24(21-7-3-2-4-8-21)28-16-6-5-9-23(28)29/h2-4,7-8,10-13,17,24H,5-6,9,14-16H2,1H3,(H,26,30). The number of likely N-dealkylation sites (tertiary alicyclic amines) is 1. The van der Waals surface area contributed by atoms with Crippen LogP contribution in [0.1, 0.15) is 41.4 Å². The first-order chi connectivity index (χ1) is 15.1. The van der Waals surface area contributed by atoms with Gasteiger partial charge in [-0.05, 0) is 37.3 Å². The number of aromatic nitrogens is 1. The van der Waals surface area contributed by atoms with Crippen LogP contribution < -0.4 is 5.32 Å². The molecule has 0 spiro atoms. The number of nitrogens with zero attached hydrogens (tertiary/aromatic N) is 2. The van der Waals surface area contributed by atoms with Crippen molar-refractivity contribution in [3.8, 4) is 11.3 Å². The summed E-state index contributed by atoms with van der Waals surface area (Å²) in [4.78, 5) is 31.9. The van der Waals surface area contributed by atoms with Crippen LogP contribution in [0.2, 0.25) is 0 Å². The van der Waals surface area contributed by atoms with E-state index in [1.54, 1.807) is 16.2 Å². The summed E-state index contributed by atoms with van der Waals surface area (Å²) in [5, 5.41) is 6.18. The molecular weight excluding hydrogens is 406 g/mol. The van der Waals surface area contributed by atoms with Crippen molar-refractivity contribution in [1.29, 1.82) is 0 Å². The van der Waals surface area contributed by atoms with Crippen molar-refractivity contribution in [2.45, 2.75) is 38.6 Å². The minimum absolute atomic E-state index is 0.0584. The van der Waals surface area contributed by atoms with Crippen LogP contribution >= 0.6 is 11.3 Å². The molecule has 0 radical (unpaired) electrons. The molecule has 0 saturated carbocycles. The summed E-state index contributed by atoms with van der Waals surface area (Å²) in [5.41, 5.74) is 4.11. The molecule has 31 heavy (non-hydrogen) atoms. The van der Waals surface area contributed by atoms with Crippen LogP contribution in [-0.4, -0.2) is 34.8 Å². The average molecular weight is 434 g/mol. The largest absolute Gasteiger partial charge is 0.354 e. The molecule has 6 heteroatoms. The van der Waals surface area contributed by atoms with Gasteiger partial charge in [0, 0.05) is 30.5 Å². The predicted molar refractivity (Wildman–Crippen MR) is 124 cm³/mol. The zero-order chi connectivity index (χ0) is 21.6. The third-order valence-electron chi connectivity index (χ3n) is 5.62. The summed E-state index contributed by atoms with van der Waals surface area (Å²) < 4.78 is 0. The van der Waals surface area contributed by atoms with E-state index in [9.17, 15) is 9.59 Å². The first kappa shape index (κ1) is 21.2. The fourth-order valence-electron chi connectivity index (χ4n) is 3.97. The van der Waals surface area contributed by atoms with Gasteiger partial charge in [-0.2, -0.15) is 0 Å². The summed E-state index contributed by atoms with van der Waals surface area (Å²) in [5.74, 6) is -0.0564. The van der Waals surface area contributed by atoms with Crippen LogP contribution in [0, 0.1) is 6.92 Å². The number of piperidine rings is 1. The number of carbonyl (C=O) groups excluding carboxylic acids is 2. The number of nitrogens with one attached hydrogen (secondary N) is 1. The van der Waals surface area contributed by atoms with Crippen molar-refractivity contribution in [2.24, 2.45) is 0 Å². The molecule has 3 aromatic rings. The van der Waals surface area contributed by atoms with E-state index < -0.39 is 6.04 Å². The highest BCUT2D eigenvalue weighted by Crippen LogP contribution is 2.26. The zero-order valence-corrected chi connectivity index (χ0v) is 18.5. The second-order valence-corrected chi connectivity index (χ2v) is 8.91. The fourth-order valence-corrected chi connectivity index (χ4v) is 4.59. The smallest absolute Gasteiger partial charge is 0.247 e. The average Bonchev–Trinajstić information content (AvgIpc) is 3.23. The molecule has 5 nitrogen and oxygen atoms in total. The molecule has 1 atom stereocenters. The molecule has 1 unspecified atom stereocenters. The Balaban J connectivity index is 1.39. The molecule has 2 heterocycles. The lowest BCUT2D eigenvalue weighted by Gasteiger charge is -2.34. The molecule has 0 bridgehead atoms. The van der Waals surface area contributed by atoms with Gasteiger partial charge in [0.2, 0.25) is 11.8 Å². The Kier molecular flexibility index (Phi) is 6.77. The number of hydrogen-bond acceptors (Lipinski definition) is 4. The van der Waals surface area contributed by atoms with Gasteiger partial charge in [0.1, 0.15) is 6.04 Å². The lowest BCUT2D eigenvalue weighted by molar-refractivity contribution is -0.142. The van der Waals surface area contributed by atoms with Crippen LogP contribution in [0.25, 0.3) is 11.3 Å². The minimum Gasteiger partial charge on any atom is -0.354 e. The number of amides is 2. The molecule has 4 rings (SSSR count). The Morgan fingerprint density at radius 2 is 1.90 bits per heavy atom. The Morgan fingerprint density at radius 1 is 1.13 bits per heavy atom. The SMILES string of the molecule is Cc1nc(-c2ccc(CCNC(=O)C(c3ccccc3)N3CCCCC3=O)cc2)cs1. The van der Waals surface area contributed by atoms with Crippen LogP contribution in [0.15, 0.2) is 60.0 Å². The second kappa shape index (κ2) is 9.88. The van der Waals surface area contributed by atoms with E-state index in [2.05, 4.69) is 39.9 Å². The van der Waals surface area contributed by atoms with Crippen molar-refractivity contribution in [1.82, 2.24) is 15.2 Å². The molecule has 1 aliphatic heterocycles. The van der Waals surface area contributed by atoms with E-state index in [0.717, 1.165) is 46.7 Å². The second-order valence-electron chi connectivity index (χ2n) is 7.85. The molecule has 160 valence electrons. The Bertz CT molecular complexity index is 1030. The number of aryl methyl sites for hydroxylation is 1. The van der Waals surface area contributed by atoms with Gasteiger partial charge in [0.05, 0.1) is 10.7 Å². The molecule has 1 fully saturated rings. The van der Waals surface area contributed by atoms with Gasteiger partial charge in [-0.15, -0.1) is 11.3 Å². The maximum Gasteiger partial charge on any atom is 0.247 e. The quantitative estimate of drug-likeness (QED) is 0.595. The highest BCUT2D eigenvalue weighted by molar-refractivity contribution is 7.09. The van der Waals surface area contributed by atoms with E-state index in [1.165, 1.54) is 0 Å². The summed E-state index contributed by atoms with van der Waals surface area (Å²) in [6.07, 6.45) is 3.08. The molecule has 1 saturated heterocycles. The predicted octanol–water partition coefficient (Wildman–Crippen LogP) is 4.53. The Hall–Kier alpha value is -2.99. The van der Waals surface area contributed by atoms with Crippen molar-refractivity contribution in [3.63, 3.8) is 0 Å². The van der Waals surface area contributed by atoms with Crippen LogP contribution in [-0.2, 0) is 16.0 Å². The van der Waals surface area contributed by atoms with Crippen LogP contribution in [0.5, 0.6) is 0 Å². The van der Waals surface area contributed by atoms with E-state index in [4.69, 9.17) is 0 Å². The normalized spacial score (nSPS) is 15.0. The van der Waals surface area contributed by atoms with Gasteiger partial charge in [-0.25, -0.2) is 4.98 Å². The highest BCUT2D eigenvalue weighted by Gasteiger charge is 2.32. The fraction of sp³-hybridized carbons (Fsp3) is 0.320. The molecule has 2 aromatic carbocycles. The zero-order valence-electron chi connectivity index (χ0n) is 17.7. The van der Waals surface area contributed by atoms with E-state index >= 15 is 0 Å². The number of benzene rings is 2. The maximum absolute atomic E-state index is 13.1. The highest BCUT2D eigenvalue weighted by atomic mass is 32.1. The monoisotopic (exact) mass is 433 g/mol. The van der Waals surface area contributed by atoms with Crippen molar-refractivity contribution >= 4 is 23.2 Å². The van der Waals surface area contributed by atoms with Gasteiger partial charge in [-0.1, -0.05) is 54.6 Å². The Morgan fingerprint density at radius 3 is 2.58 bits per heavy atom.